The molecule has 0 unspecified atom stereocenters. The Balaban J connectivity index is 1.81. The van der Waals surface area contributed by atoms with Crippen molar-refractivity contribution in [2.75, 3.05) is 14.2 Å². The lowest BCUT2D eigenvalue weighted by atomic mass is 10.1. The average Bonchev–Trinajstić information content (AvgIpc) is 2.68. The number of hydrogen-bond acceptors (Lipinski definition) is 3. The van der Waals surface area contributed by atoms with Crippen LogP contribution in [0.5, 0.6) is 5.75 Å². The zero-order chi connectivity index (χ0) is 18.5. The maximum Gasteiger partial charge on any atom is 0.255 e. The topological polar surface area (TPSA) is 42.4 Å². The Morgan fingerprint density at radius 3 is 2.38 bits per heavy atom. The molecule has 1 aromatic heterocycles. The Hall–Kier alpha value is -3.14. The molecular weight excluding hydrogens is 324 g/mol. The van der Waals surface area contributed by atoms with Crippen molar-refractivity contribution in [3.63, 3.8) is 0 Å². The van der Waals surface area contributed by atoms with Gasteiger partial charge >= 0.3 is 0 Å². The van der Waals surface area contributed by atoms with Gasteiger partial charge in [0.15, 0.2) is 0 Å². The van der Waals surface area contributed by atoms with Crippen molar-refractivity contribution in [2.45, 2.75) is 13.5 Å². The van der Waals surface area contributed by atoms with Gasteiger partial charge in [0, 0.05) is 24.7 Å². The highest BCUT2D eigenvalue weighted by atomic mass is 16.5. The molecule has 2 aromatic carbocycles. The second-order valence-corrected chi connectivity index (χ2v) is 6.17. The van der Waals surface area contributed by atoms with Gasteiger partial charge in [0.2, 0.25) is 0 Å². The van der Waals surface area contributed by atoms with E-state index in [1.807, 2.05) is 73.7 Å². The Kier molecular flexibility index (Phi) is 5.32. The lowest BCUT2D eigenvalue weighted by Gasteiger charge is -2.20. The van der Waals surface area contributed by atoms with E-state index in [1.54, 1.807) is 19.1 Å². The van der Waals surface area contributed by atoms with Crippen LogP contribution in [0.4, 0.5) is 0 Å². The first-order valence-electron chi connectivity index (χ1n) is 8.50. The third kappa shape index (κ3) is 3.75. The lowest BCUT2D eigenvalue weighted by molar-refractivity contribution is 0.0783. The fourth-order valence-corrected chi connectivity index (χ4v) is 2.92. The number of benzene rings is 2. The van der Waals surface area contributed by atoms with Gasteiger partial charge in [0.1, 0.15) is 5.75 Å². The van der Waals surface area contributed by atoms with E-state index in [0.717, 1.165) is 28.3 Å². The highest BCUT2D eigenvalue weighted by Crippen LogP contribution is 2.22. The van der Waals surface area contributed by atoms with Gasteiger partial charge in [-0.15, -0.1) is 0 Å². The van der Waals surface area contributed by atoms with Crippen molar-refractivity contribution < 1.29 is 9.53 Å². The van der Waals surface area contributed by atoms with Crippen LogP contribution in [0, 0.1) is 6.92 Å². The number of aromatic nitrogens is 1. The van der Waals surface area contributed by atoms with E-state index in [0.29, 0.717) is 12.1 Å². The number of carbonyl (C=O) groups excluding carboxylic acids is 1. The molecular formula is C22H22N2O2. The third-order valence-electron chi connectivity index (χ3n) is 4.33. The highest BCUT2D eigenvalue weighted by molar-refractivity contribution is 5.95. The Morgan fingerprint density at radius 2 is 1.69 bits per heavy atom. The summed E-state index contributed by atoms with van der Waals surface area (Å²) in [7, 11) is 3.43. The van der Waals surface area contributed by atoms with E-state index in [4.69, 9.17) is 4.74 Å². The smallest absolute Gasteiger partial charge is 0.255 e. The molecule has 4 nitrogen and oxygen atoms in total. The number of aryl methyl sites for hydroxylation is 1. The number of methoxy groups -OCH3 is 1. The van der Waals surface area contributed by atoms with E-state index in [1.165, 1.54) is 0 Å². The van der Waals surface area contributed by atoms with E-state index < -0.39 is 0 Å². The number of carbonyl (C=O) groups is 1. The van der Waals surface area contributed by atoms with Gasteiger partial charge in [-0.25, -0.2) is 0 Å². The SMILES string of the molecule is COc1ccccc1CN(C)C(=O)c1ccc(-c2ccccc2)nc1C. The number of ether oxygens (including phenoxy) is 1. The van der Waals surface area contributed by atoms with Gasteiger partial charge in [0.25, 0.3) is 5.91 Å². The minimum Gasteiger partial charge on any atom is -0.496 e. The Morgan fingerprint density at radius 1 is 1.00 bits per heavy atom. The summed E-state index contributed by atoms with van der Waals surface area (Å²) in [5, 5.41) is 0. The Bertz CT molecular complexity index is 907. The van der Waals surface area contributed by atoms with E-state index >= 15 is 0 Å². The molecule has 1 heterocycles. The van der Waals surface area contributed by atoms with Crippen LogP contribution in [-0.4, -0.2) is 29.9 Å². The lowest BCUT2D eigenvalue weighted by Crippen LogP contribution is -2.27. The predicted octanol–water partition coefficient (Wildman–Crippen LogP) is 4.34. The summed E-state index contributed by atoms with van der Waals surface area (Å²) in [5.41, 5.74) is 4.21. The van der Waals surface area contributed by atoms with Crippen LogP contribution < -0.4 is 4.74 Å². The summed E-state index contributed by atoms with van der Waals surface area (Å²) in [6.07, 6.45) is 0. The molecule has 4 heteroatoms. The third-order valence-corrected chi connectivity index (χ3v) is 4.33. The normalized spacial score (nSPS) is 10.4. The van der Waals surface area contributed by atoms with Gasteiger partial charge in [0.05, 0.1) is 24.1 Å². The summed E-state index contributed by atoms with van der Waals surface area (Å²) >= 11 is 0. The summed E-state index contributed by atoms with van der Waals surface area (Å²) in [6, 6.07) is 21.4. The second kappa shape index (κ2) is 7.83. The number of para-hydroxylation sites is 1. The van der Waals surface area contributed by atoms with Gasteiger partial charge < -0.3 is 9.64 Å². The zero-order valence-corrected chi connectivity index (χ0v) is 15.3. The molecule has 132 valence electrons. The molecule has 0 saturated carbocycles. The first-order chi connectivity index (χ1) is 12.6. The van der Waals surface area contributed by atoms with Crippen LogP contribution in [0.3, 0.4) is 0 Å². The molecule has 3 aromatic rings. The first-order valence-corrected chi connectivity index (χ1v) is 8.50. The van der Waals surface area contributed by atoms with Crippen molar-refractivity contribution >= 4 is 5.91 Å². The van der Waals surface area contributed by atoms with Gasteiger partial charge in [-0.3, -0.25) is 9.78 Å². The standard InChI is InChI=1S/C22H22N2O2/c1-16-19(13-14-20(23-16)17-9-5-4-6-10-17)22(25)24(2)15-18-11-7-8-12-21(18)26-3/h4-14H,15H2,1-3H3. The van der Waals surface area contributed by atoms with Crippen molar-refractivity contribution in [1.29, 1.82) is 0 Å². The maximum absolute atomic E-state index is 12.9. The largest absolute Gasteiger partial charge is 0.496 e. The fourth-order valence-electron chi connectivity index (χ4n) is 2.92. The van der Waals surface area contributed by atoms with Crippen molar-refractivity contribution in [1.82, 2.24) is 9.88 Å². The van der Waals surface area contributed by atoms with E-state index in [9.17, 15) is 4.79 Å². The van der Waals surface area contributed by atoms with Gasteiger partial charge in [-0.1, -0.05) is 48.5 Å². The number of pyridine rings is 1. The molecule has 0 bridgehead atoms. The molecule has 3 rings (SSSR count). The average molecular weight is 346 g/mol. The summed E-state index contributed by atoms with van der Waals surface area (Å²) in [6.45, 7) is 2.35. The summed E-state index contributed by atoms with van der Waals surface area (Å²) < 4.78 is 5.37. The van der Waals surface area contributed by atoms with Crippen LogP contribution in [0.1, 0.15) is 21.6 Å². The Labute approximate surface area is 154 Å². The minimum atomic E-state index is -0.0551. The summed E-state index contributed by atoms with van der Waals surface area (Å²) in [4.78, 5) is 19.2. The van der Waals surface area contributed by atoms with Crippen molar-refractivity contribution in [3.8, 4) is 17.0 Å². The fraction of sp³-hybridized carbons (Fsp3) is 0.182. The minimum absolute atomic E-state index is 0.0551. The number of rotatable bonds is 5. The zero-order valence-electron chi connectivity index (χ0n) is 15.3. The van der Waals surface area contributed by atoms with E-state index in [2.05, 4.69) is 4.98 Å². The molecule has 26 heavy (non-hydrogen) atoms. The molecule has 0 spiro atoms. The van der Waals surface area contributed by atoms with Crippen molar-refractivity contribution in [2.24, 2.45) is 0 Å². The molecule has 1 amide bonds. The van der Waals surface area contributed by atoms with Crippen molar-refractivity contribution in [3.05, 3.63) is 83.6 Å². The second-order valence-electron chi connectivity index (χ2n) is 6.17. The maximum atomic E-state index is 12.9. The quantitative estimate of drug-likeness (QED) is 0.690. The molecule has 0 radical (unpaired) electrons. The molecule has 0 atom stereocenters. The van der Waals surface area contributed by atoms with Crippen LogP contribution in [-0.2, 0) is 6.54 Å². The highest BCUT2D eigenvalue weighted by Gasteiger charge is 2.17. The number of hydrogen-bond donors (Lipinski definition) is 0. The number of amides is 1. The monoisotopic (exact) mass is 346 g/mol. The molecule has 0 fully saturated rings. The van der Waals surface area contributed by atoms with Crippen LogP contribution in [0.15, 0.2) is 66.7 Å². The van der Waals surface area contributed by atoms with Gasteiger partial charge in [-0.2, -0.15) is 0 Å². The molecule has 0 aliphatic carbocycles. The first kappa shape index (κ1) is 17.7. The molecule has 0 aliphatic heterocycles. The van der Waals surface area contributed by atoms with Crippen LogP contribution >= 0.6 is 0 Å². The van der Waals surface area contributed by atoms with Crippen LogP contribution in [0.25, 0.3) is 11.3 Å². The predicted molar refractivity (Wildman–Crippen MR) is 103 cm³/mol. The van der Waals surface area contributed by atoms with Crippen LogP contribution in [0.2, 0.25) is 0 Å². The van der Waals surface area contributed by atoms with E-state index in [-0.39, 0.29) is 5.91 Å². The number of nitrogens with zero attached hydrogens (tertiary/aromatic N) is 2. The molecule has 0 aliphatic rings. The van der Waals surface area contributed by atoms with Gasteiger partial charge in [-0.05, 0) is 25.1 Å². The molecule has 0 saturated heterocycles. The summed E-state index contributed by atoms with van der Waals surface area (Å²) in [5.74, 6) is 0.724. The molecule has 0 N–H and O–H groups in total.